The first kappa shape index (κ1) is 19.2. The molecule has 0 spiro atoms. The summed E-state index contributed by atoms with van der Waals surface area (Å²) in [5.74, 6) is 0.0628. The van der Waals surface area contributed by atoms with E-state index < -0.39 is 0 Å². The molecule has 6 heteroatoms. The van der Waals surface area contributed by atoms with Crippen LogP contribution >= 0.6 is 0 Å². The number of morpholine rings is 1. The highest BCUT2D eigenvalue weighted by Gasteiger charge is 2.22. The molecule has 0 bridgehead atoms. The number of aromatic nitrogens is 1. The summed E-state index contributed by atoms with van der Waals surface area (Å²) in [6.07, 6.45) is 1.03. The number of benzene rings is 2. The van der Waals surface area contributed by atoms with Crippen molar-refractivity contribution in [3.8, 4) is 0 Å². The minimum Gasteiger partial charge on any atom is -0.513 e. The van der Waals surface area contributed by atoms with Gasteiger partial charge in [0.25, 0.3) is 11.5 Å². The number of aliphatic hydroxyl groups excluding tert-OH is 1. The van der Waals surface area contributed by atoms with Gasteiger partial charge in [0.05, 0.1) is 19.0 Å². The summed E-state index contributed by atoms with van der Waals surface area (Å²) in [6, 6.07) is 9.21. The highest BCUT2D eigenvalue weighted by molar-refractivity contribution is 6.17. The first-order valence-corrected chi connectivity index (χ1v) is 9.79. The second-order valence-corrected chi connectivity index (χ2v) is 7.37. The molecule has 2 heterocycles. The summed E-state index contributed by atoms with van der Waals surface area (Å²) >= 11 is 0. The van der Waals surface area contributed by atoms with Gasteiger partial charge in [-0.2, -0.15) is 0 Å². The van der Waals surface area contributed by atoms with Crippen molar-refractivity contribution in [1.29, 1.82) is 0 Å². The van der Waals surface area contributed by atoms with Crippen LogP contribution in [0, 0.1) is 0 Å². The Morgan fingerprint density at radius 1 is 1.10 bits per heavy atom. The van der Waals surface area contributed by atoms with Gasteiger partial charge in [0, 0.05) is 53.1 Å². The molecule has 1 aromatic heterocycles. The van der Waals surface area contributed by atoms with Crippen LogP contribution < -0.4 is 10.9 Å². The number of ether oxygens (including phenoxy) is 1. The predicted molar refractivity (Wildman–Crippen MR) is 114 cm³/mol. The topological polar surface area (TPSA) is 71.8 Å². The largest absolute Gasteiger partial charge is 0.513 e. The fourth-order valence-electron chi connectivity index (χ4n) is 4.04. The molecule has 6 nitrogen and oxygen atoms in total. The van der Waals surface area contributed by atoms with Crippen LogP contribution in [-0.2, 0) is 11.3 Å². The Hall–Kier alpha value is -3.12. The normalized spacial score (nSPS) is 14.6. The fourth-order valence-corrected chi connectivity index (χ4v) is 4.04. The van der Waals surface area contributed by atoms with E-state index in [1.54, 1.807) is 21.6 Å². The van der Waals surface area contributed by atoms with Gasteiger partial charge in [-0.05, 0) is 23.9 Å². The Morgan fingerprint density at radius 2 is 1.83 bits per heavy atom. The Morgan fingerprint density at radius 3 is 2.55 bits per heavy atom. The van der Waals surface area contributed by atoms with E-state index in [-0.39, 0.29) is 17.2 Å². The molecule has 1 amide bonds. The van der Waals surface area contributed by atoms with Crippen molar-refractivity contribution in [2.24, 2.45) is 0 Å². The fraction of sp³-hybridized carbons (Fsp3) is 0.304. The predicted octanol–water partition coefficient (Wildman–Crippen LogP) is 2.61. The Balaban J connectivity index is 1.85. The van der Waals surface area contributed by atoms with Crippen LogP contribution in [-0.4, -0.2) is 46.8 Å². The first-order valence-electron chi connectivity index (χ1n) is 9.79. The Bertz CT molecular complexity index is 1170. The van der Waals surface area contributed by atoms with Gasteiger partial charge in [0.2, 0.25) is 0 Å². The molecule has 0 saturated carbocycles. The minimum absolute atomic E-state index is 0.0426. The molecule has 0 aliphatic carbocycles. The number of hydrogen-bond donors (Lipinski definition) is 1. The Kier molecular flexibility index (Phi) is 5.11. The smallest absolute Gasteiger partial charge is 0.258 e. The maximum absolute atomic E-state index is 13.1. The van der Waals surface area contributed by atoms with Crippen molar-refractivity contribution < 1.29 is 14.6 Å². The molecule has 1 N–H and O–H groups in total. The van der Waals surface area contributed by atoms with Gasteiger partial charge in [-0.25, -0.2) is 0 Å². The van der Waals surface area contributed by atoms with E-state index in [9.17, 15) is 14.7 Å². The summed E-state index contributed by atoms with van der Waals surface area (Å²) in [7, 11) is 0. The average Bonchev–Trinajstić information content (AvgIpc) is 2.74. The van der Waals surface area contributed by atoms with Gasteiger partial charge in [-0.3, -0.25) is 9.59 Å². The van der Waals surface area contributed by atoms with E-state index >= 15 is 0 Å². The third-order valence-corrected chi connectivity index (χ3v) is 5.53. The van der Waals surface area contributed by atoms with E-state index in [1.807, 2.05) is 18.2 Å². The van der Waals surface area contributed by atoms with E-state index in [4.69, 9.17) is 4.74 Å². The lowest BCUT2D eigenvalue weighted by atomic mass is 9.97. The van der Waals surface area contributed by atoms with Crippen LogP contribution in [0.1, 0.15) is 23.2 Å². The quantitative estimate of drug-likeness (QED) is 0.678. The third-order valence-electron chi connectivity index (χ3n) is 5.53. The van der Waals surface area contributed by atoms with Crippen molar-refractivity contribution in [3.63, 3.8) is 0 Å². The van der Waals surface area contributed by atoms with Gasteiger partial charge in [-0.1, -0.05) is 31.4 Å². The molecule has 0 radical (unpaired) electrons. The summed E-state index contributed by atoms with van der Waals surface area (Å²) in [5, 5.41) is 12.9. The maximum Gasteiger partial charge on any atom is 0.258 e. The number of rotatable bonds is 5. The Labute approximate surface area is 168 Å². The van der Waals surface area contributed by atoms with Gasteiger partial charge >= 0.3 is 0 Å². The molecule has 1 aliphatic rings. The number of pyridine rings is 1. The van der Waals surface area contributed by atoms with Crippen molar-refractivity contribution >= 4 is 34.0 Å². The molecular formula is C23H24N2O4. The maximum atomic E-state index is 13.1. The summed E-state index contributed by atoms with van der Waals surface area (Å²) < 4.78 is 6.99. The molecular weight excluding hydrogens is 368 g/mol. The molecule has 4 rings (SSSR count). The summed E-state index contributed by atoms with van der Waals surface area (Å²) in [4.78, 5) is 28.0. The van der Waals surface area contributed by atoms with E-state index in [0.717, 1.165) is 16.2 Å². The van der Waals surface area contributed by atoms with Crippen LogP contribution in [0.25, 0.3) is 28.1 Å². The van der Waals surface area contributed by atoms with Crippen LogP contribution in [0.3, 0.4) is 0 Å². The second-order valence-electron chi connectivity index (χ2n) is 7.37. The van der Waals surface area contributed by atoms with Crippen LogP contribution in [0.15, 0.2) is 47.5 Å². The van der Waals surface area contributed by atoms with Crippen molar-refractivity contribution in [3.05, 3.63) is 63.9 Å². The number of amides is 1. The van der Waals surface area contributed by atoms with Gasteiger partial charge < -0.3 is 19.3 Å². The van der Waals surface area contributed by atoms with E-state index in [0.29, 0.717) is 62.0 Å². The van der Waals surface area contributed by atoms with Crippen molar-refractivity contribution in [2.45, 2.75) is 19.4 Å². The highest BCUT2D eigenvalue weighted by atomic mass is 16.5. The van der Waals surface area contributed by atoms with Crippen LogP contribution in [0.5, 0.6) is 0 Å². The van der Waals surface area contributed by atoms with Crippen LogP contribution in [0.2, 0.25) is 0 Å². The standard InChI is InChI=1S/C23H24N2O4/c1-15(26)5-4-10-25-16(2)17-6-3-7-18-19(8-9-20(21(17)18)23(25)28)22(27)24-11-13-29-14-12-24/h3,6-9,26H,1-2,4-5,10-14H2. The zero-order valence-electron chi connectivity index (χ0n) is 16.3. The number of allylic oxidation sites excluding steroid dienone is 1. The lowest BCUT2D eigenvalue weighted by Gasteiger charge is -2.27. The number of nitrogens with zero attached hydrogens (tertiary/aromatic N) is 2. The van der Waals surface area contributed by atoms with E-state index in [1.165, 1.54) is 0 Å². The zero-order chi connectivity index (χ0) is 20.5. The lowest BCUT2D eigenvalue weighted by molar-refractivity contribution is 0.0304. The molecule has 1 fully saturated rings. The number of carbonyl (C=O) groups is 1. The zero-order valence-corrected chi connectivity index (χ0v) is 16.3. The molecule has 3 aromatic rings. The molecule has 2 aromatic carbocycles. The van der Waals surface area contributed by atoms with Gasteiger partial charge in [0.15, 0.2) is 0 Å². The second kappa shape index (κ2) is 7.72. The number of aliphatic hydroxyl groups is 1. The number of carbonyl (C=O) groups excluding carboxylic acids is 1. The average molecular weight is 392 g/mol. The lowest BCUT2D eigenvalue weighted by Crippen LogP contribution is -2.40. The monoisotopic (exact) mass is 392 g/mol. The van der Waals surface area contributed by atoms with Gasteiger partial charge in [0.1, 0.15) is 0 Å². The SMILES string of the molecule is C=C(O)CCCn1c(=C)c2cccc3c(C(=O)N4CCOCC4)ccc(c1=O)c32. The minimum atomic E-state index is -0.132. The molecule has 0 unspecified atom stereocenters. The van der Waals surface area contributed by atoms with Crippen LogP contribution in [0.4, 0.5) is 0 Å². The van der Waals surface area contributed by atoms with Crippen molar-refractivity contribution in [2.75, 3.05) is 26.3 Å². The molecule has 150 valence electrons. The molecule has 1 saturated heterocycles. The van der Waals surface area contributed by atoms with E-state index in [2.05, 4.69) is 13.2 Å². The first-order chi connectivity index (χ1) is 14.0. The summed E-state index contributed by atoms with van der Waals surface area (Å²) in [5.41, 5.74) is 0.464. The highest BCUT2D eigenvalue weighted by Crippen LogP contribution is 2.27. The molecule has 1 aliphatic heterocycles. The summed E-state index contributed by atoms with van der Waals surface area (Å²) in [6.45, 7) is 10.3. The third kappa shape index (κ3) is 3.40. The molecule has 29 heavy (non-hydrogen) atoms. The van der Waals surface area contributed by atoms with Gasteiger partial charge in [-0.15, -0.1) is 0 Å². The number of hydrogen-bond acceptors (Lipinski definition) is 4. The molecule has 0 atom stereocenters. The van der Waals surface area contributed by atoms with Crippen molar-refractivity contribution in [1.82, 2.24) is 9.47 Å².